The number of carbonyl (C=O) groups is 2. The smallest absolute Gasteiger partial charge is 0.261 e. The van der Waals surface area contributed by atoms with Crippen LogP contribution in [0.15, 0.2) is 60.7 Å². The van der Waals surface area contributed by atoms with Gasteiger partial charge in [0.15, 0.2) is 0 Å². The minimum atomic E-state index is -0.195. The van der Waals surface area contributed by atoms with E-state index in [-0.39, 0.29) is 11.8 Å². The Hall–Kier alpha value is -2.94. The molecule has 1 aliphatic rings. The Bertz CT molecular complexity index is 969. The zero-order valence-corrected chi connectivity index (χ0v) is 15.0. The van der Waals surface area contributed by atoms with E-state index in [0.717, 1.165) is 16.3 Å². The molecule has 0 fully saturated rings. The maximum atomic E-state index is 12.9. The summed E-state index contributed by atoms with van der Waals surface area (Å²) in [6.07, 6.45) is 0.663. The lowest BCUT2D eigenvalue weighted by Gasteiger charge is -2.27. The van der Waals surface area contributed by atoms with Crippen molar-refractivity contribution in [3.05, 3.63) is 82.9 Å². The summed E-state index contributed by atoms with van der Waals surface area (Å²) in [6.45, 7) is 4.71. The highest BCUT2D eigenvalue weighted by Crippen LogP contribution is 2.30. The normalized spacial score (nSPS) is 13.7. The number of nitrogens with zero attached hydrogens (tertiary/aromatic N) is 1. The lowest BCUT2D eigenvalue weighted by Crippen LogP contribution is -2.41. The monoisotopic (exact) mass is 343 g/mol. The van der Waals surface area contributed by atoms with E-state index >= 15 is 0 Å². The minimum Gasteiger partial charge on any atom is -0.274 e. The van der Waals surface area contributed by atoms with E-state index in [1.54, 1.807) is 0 Å². The highest BCUT2D eigenvalue weighted by atomic mass is 16.2. The van der Waals surface area contributed by atoms with Crippen LogP contribution in [0.1, 0.15) is 51.6 Å². The van der Waals surface area contributed by atoms with Crippen LogP contribution in [0.2, 0.25) is 0 Å². The Morgan fingerprint density at radius 2 is 1.46 bits per heavy atom. The molecule has 3 aromatic carbocycles. The van der Waals surface area contributed by atoms with Crippen molar-refractivity contribution in [1.82, 2.24) is 4.90 Å². The second-order valence-corrected chi connectivity index (χ2v) is 7.12. The largest absolute Gasteiger partial charge is 0.274 e. The third-order valence-electron chi connectivity index (χ3n) is 5.10. The van der Waals surface area contributed by atoms with Gasteiger partial charge in [0.1, 0.15) is 0 Å². The lowest BCUT2D eigenvalue weighted by molar-refractivity contribution is 0.0612. The molecule has 3 aromatic rings. The summed E-state index contributed by atoms with van der Waals surface area (Å²) in [5.41, 5.74) is 3.66. The molecule has 0 saturated carbocycles. The zero-order valence-electron chi connectivity index (χ0n) is 15.0. The second-order valence-electron chi connectivity index (χ2n) is 7.12. The van der Waals surface area contributed by atoms with Crippen LogP contribution in [0.25, 0.3) is 10.8 Å². The molecule has 26 heavy (non-hydrogen) atoms. The van der Waals surface area contributed by atoms with Gasteiger partial charge in [-0.25, -0.2) is 0 Å². The summed E-state index contributed by atoms with van der Waals surface area (Å²) < 4.78 is 0. The third kappa shape index (κ3) is 2.70. The van der Waals surface area contributed by atoms with Crippen LogP contribution in [-0.2, 0) is 6.42 Å². The number of hydrogen-bond donors (Lipinski definition) is 0. The highest BCUT2D eigenvalue weighted by molar-refractivity contribution is 6.25. The molecule has 0 radical (unpaired) electrons. The van der Waals surface area contributed by atoms with Crippen molar-refractivity contribution >= 4 is 22.6 Å². The minimum absolute atomic E-state index is 0.195. The highest BCUT2D eigenvalue weighted by Gasteiger charge is 2.32. The van der Waals surface area contributed by atoms with Crippen LogP contribution in [0.5, 0.6) is 0 Å². The first kappa shape index (κ1) is 16.5. The van der Waals surface area contributed by atoms with E-state index in [1.807, 2.05) is 42.5 Å². The van der Waals surface area contributed by atoms with Crippen molar-refractivity contribution in [3.63, 3.8) is 0 Å². The first-order chi connectivity index (χ1) is 12.6. The topological polar surface area (TPSA) is 37.4 Å². The van der Waals surface area contributed by atoms with Crippen LogP contribution < -0.4 is 0 Å². The summed E-state index contributed by atoms with van der Waals surface area (Å²) in [7, 11) is 0. The molecule has 0 saturated heterocycles. The van der Waals surface area contributed by atoms with Gasteiger partial charge in [0.05, 0.1) is 0 Å². The Morgan fingerprint density at radius 1 is 0.846 bits per heavy atom. The molecular formula is C23H21NO2. The van der Waals surface area contributed by atoms with Gasteiger partial charge in [0, 0.05) is 23.1 Å². The number of benzene rings is 3. The number of imide groups is 1. The van der Waals surface area contributed by atoms with Crippen LogP contribution >= 0.6 is 0 Å². The van der Waals surface area contributed by atoms with Crippen molar-refractivity contribution in [2.75, 3.05) is 6.54 Å². The van der Waals surface area contributed by atoms with E-state index < -0.39 is 0 Å². The number of amides is 2. The summed E-state index contributed by atoms with van der Waals surface area (Å²) in [6, 6.07) is 19.6. The summed E-state index contributed by atoms with van der Waals surface area (Å²) in [4.78, 5) is 27.2. The maximum Gasteiger partial charge on any atom is 0.261 e. The first-order valence-electron chi connectivity index (χ1n) is 9.03. The SMILES string of the molecule is CC(C)c1cccc(CCN2C(=O)c3cccc4cccc(c34)C2=O)c1. The molecule has 4 rings (SSSR count). The average Bonchev–Trinajstić information content (AvgIpc) is 2.66. The second kappa shape index (κ2) is 6.41. The van der Waals surface area contributed by atoms with Crippen molar-refractivity contribution in [2.45, 2.75) is 26.2 Å². The van der Waals surface area contributed by atoms with E-state index in [9.17, 15) is 9.59 Å². The van der Waals surface area contributed by atoms with Crippen molar-refractivity contribution in [2.24, 2.45) is 0 Å². The molecular weight excluding hydrogens is 322 g/mol. The quantitative estimate of drug-likeness (QED) is 0.638. The molecule has 0 N–H and O–H groups in total. The summed E-state index contributed by atoms with van der Waals surface area (Å²) in [5.74, 6) is 0.0660. The van der Waals surface area contributed by atoms with Crippen LogP contribution in [0, 0.1) is 0 Å². The van der Waals surface area contributed by atoms with E-state index in [4.69, 9.17) is 0 Å². The van der Waals surface area contributed by atoms with E-state index in [0.29, 0.717) is 30.0 Å². The number of rotatable bonds is 4. The fraction of sp³-hybridized carbons (Fsp3) is 0.217. The molecule has 1 heterocycles. The lowest BCUT2D eigenvalue weighted by atomic mass is 9.93. The van der Waals surface area contributed by atoms with Gasteiger partial charge in [-0.3, -0.25) is 14.5 Å². The van der Waals surface area contributed by atoms with Gasteiger partial charge in [-0.15, -0.1) is 0 Å². The molecule has 0 unspecified atom stereocenters. The van der Waals surface area contributed by atoms with Gasteiger partial charge in [-0.05, 0) is 41.0 Å². The molecule has 0 aromatic heterocycles. The van der Waals surface area contributed by atoms with Gasteiger partial charge < -0.3 is 0 Å². The molecule has 0 spiro atoms. The van der Waals surface area contributed by atoms with Crippen LogP contribution in [0.4, 0.5) is 0 Å². The van der Waals surface area contributed by atoms with Gasteiger partial charge in [0.25, 0.3) is 11.8 Å². The Labute approximate surface area is 153 Å². The first-order valence-corrected chi connectivity index (χ1v) is 9.03. The van der Waals surface area contributed by atoms with Gasteiger partial charge in [-0.1, -0.05) is 62.4 Å². The fourth-order valence-electron chi connectivity index (χ4n) is 3.63. The molecule has 1 aliphatic heterocycles. The Morgan fingerprint density at radius 3 is 2.08 bits per heavy atom. The van der Waals surface area contributed by atoms with E-state index in [2.05, 4.69) is 32.0 Å². The van der Waals surface area contributed by atoms with Crippen molar-refractivity contribution in [1.29, 1.82) is 0 Å². The predicted molar refractivity (Wildman–Crippen MR) is 104 cm³/mol. The molecule has 0 bridgehead atoms. The molecule has 130 valence electrons. The van der Waals surface area contributed by atoms with Crippen LogP contribution in [-0.4, -0.2) is 23.3 Å². The van der Waals surface area contributed by atoms with E-state index in [1.165, 1.54) is 10.5 Å². The number of hydrogen-bond acceptors (Lipinski definition) is 2. The Balaban J connectivity index is 1.64. The standard InChI is InChI=1S/C23H21NO2/c1-15(2)18-9-3-6-16(14-18)12-13-24-22(25)19-10-4-7-17-8-5-11-20(21(17)19)23(24)26/h3-11,14-15H,12-13H2,1-2H3. The molecule has 3 nitrogen and oxygen atoms in total. The predicted octanol–water partition coefficient (Wildman–Crippen LogP) is 4.80. The van der Waals surface area contributed by atoms with Gasteiger partial charge in [0.2, 0.25) is 0 Å². The zero-order chi connectivity index (χ0) is 18.3. The average molecular weight is 343 g/mol. The maximum absolute atomic E-state index is 12.9. The van der Waals surface area contributed by atoms with Gasteiger partial charge >= 0.3 is 0 Å². The summed E-state index contributed by atoms with van der Waals surface area (Å²) in [5, 5.41) is 1.72. The fourth-order valence-corrected chi connectivity index (χ4v) is 3.63. The van der Waals surface area contributed by atoms with Gasteiger partial charge in [-0.2, -0.15) is 0 Å². The molecule has 3 heteroatoms. The molecule has 0 atom stereocenters. The van der Waals surface area contributed by atoms with Crippen LogP contribution in [0.3, 0.4) is 0 Å². The molecule has 0 aliphatic carbocycles. The van der Waals surface area contributed by atoms with Crippen molar-refractivity contribution < 1.29 is 9.59 Å². The van der Waals surface area contributed by atoms with Crippen molar-refractivity contribution in [3.8, 4) is 0 Å². The molecule has 2 amide bonds. The third-order valence-corrected chi connectivity index (χ3v) is 5.10. The summed E-state index contributed by atoms with van der Waals surface area (Å²) >= 11 is 0. The Kier molecular flexibility index (Phi) is 4.08. The number of carbonyl (C=O) groups excluding carboxylic acids is 2.